The molecule has 1 aromatic heterocycles. The van der Waals surface area contributed by atoms with Crippen LogP contribution in [0.25, 0.3) is 0 Å². The lowest BCUT2D eigenvalue weighted by molar-refractivity contribution is -0.0512. The zero-order chi connectivity index (χ0) is 15.6. The van der Waals surface area contributed by atoms with Gasteiger partial charge in [-0.1, -0.05) is 6.07 Å². The average molecular weight is 362 g/mol. The molecule has 2 aromatic rings. The first kappa shape index (κ1) is 15.6. The Morgan fingerprint density at radius 3 is 2.62 bits per heavy atom. The summed E-state index contributed by atoms with van der Waals surface area (Å²) in [7, 11) is 1.39. The highest BCUT2D eigenvalue weighted by Gasteiger charge is 2.14. The molecule has 0 radical (unpaired) electrons. The quantitative estimate of drug-likeness (QED) is 0.888. The number of nitrogen functional groups attached to an aromatic ring is 1. The molecular weight excluding hydrogens is 348 g/mol. The lowest BCUT2D eigenvalue weighted by atomic mass is 10.2. The number of rotatable bonds is 5. The topological polar surface area (TPSA) is 62.3 Å². The average Bonchev–Trinajstić information content (AvgIpc) is 2.66. The fraction of sp³-hybridized carbons (Fsp3) is 0.308. The number of aryl methyl sites for hydroxylation is 1. The summed E-state index contributed by atoms with van der Waals surface area (Å²) < 4.78 is 36.5. The van der Waals surface area contributed by atoms with Gasteiger partial charge in [0, 0.05) is 0 Å². The Morgan fingerprint density at radius 2 is 2.10 bits per heavy atom. The first-order valence-corrected chi connectivity index (χ1v) is 6.81. The second-order valence-corrected chi connectivity index (χ2v) is 5.10. The molecule has 8 heteroatoms. The maximum Gasteiger partial charge on any atom is 0.387 e. The van der Waals surface area contributed by atoms with Crippen molar-refractivity contribution in [3.05, 3.63) is 33.9 Å². The van der Waals surface area contributed by atoms with Crippen LogP contribution in [0.3, 0.4) is 0 Å². The molecule has 0 fully saturated rings. The van der Waals surface area contributed by atoms with Gasteiger partial charge >= 0.3 is 6.61 Å². The van der Waals surface area contributed by atoms with E-state index in [1.165, 1.54) is 13.2 Å². The van der Waals surface area contributed by atoms with Gasteiger partial charge in [-0.3, -0.25) is 0 Å². The molecule has 0 spiro atoms. The minimum Gasteiger partial charge on any atom is -0.493 e. The summed E-state index contributed by atoms with van der Waals surface area (Å²) in [6, 6.07) is 4.78. The van der Waals surface area contributed by atoms with Crippen LogP contribution in [0.15, 0.2) is 22.7 Å². The molecule has 21 heavy (non-hydrogen) atoms. The van der Waals surface area contributed by atoms with Crippen molar-refractivity contribution < 1.29 is 18.3 Å². The van der Waals surface area contributed by atoms with Crippen molar-refractivity contribution in [3.8, 4) is 11.5 Å². The molecule has 0 atom stereocenters. The number of anilines is 1. The Morgan fingerprint density at radius 1 is 1.38 bits per heavy atom. The summed E-state index contributed by atoms with van der Waals surface area (Å²) in [5.41, 5.74) is 7.37. The molecule has 0 saturated heterocycles. The van der Waals surface area contributed by atoms with E-state index in [0.717, 1.165) is 10.2 Å². The van der Waals surface area contributed by atoms with Gasteiger partial charge in [-0.05, 0) is 40.5 Å². The number of alkyl halides is 2. The maximum absolute atomic E-state index is 12.4. The van der Waals surface area contributed by atoms with E-state index in [4.69, 9.17) is 10.5 Å². The van der Waals surface area contributed by atoms with E-state index in [1.807, 2.05) is 6.92 Å². The normalized spacial score (nSPS) is 11.0. The Labute approximate surface area is 128 Å². The van der Waals surface area contributed by atoms with Gasteiger partial charge in [-0.2, -0.15) is 13.9 Å². The third-order valence-electron chi connectivity index (χ3n) is 2.87. The number of aromatic nitrogens is 2. The van der Waals surface area contributed by atoms with E-state index < -0.39 is 6.61 Å². The minimum absolute atomic E-state index is 0.0217. The number of nitrogens with two attached hydrogens (primary N) is 1. The highest BCUT2D eigenvalue weighted by atomic mass is 79.9. The van der Waals surface area contributed by atoms with Crippen LogP contribution < -0.4 is 15.2 Å². The van der Waals surface area contributed by atoms with Crippen molar-refractivity contribution in [1.29, 1.82) is 0 Å². The first-order valence-electron chi connectivity index (χ1n) is 6.02. The van der Waals surface area contributed by atoms with E-state index >= 15 is 0 Å². The van der Waals surface area contributed by atoms with Crippen LogP contribution in [0.1, 0.15) is 11.3 Å². The number of hydrogen-bond donors (Lipinski definition) is 1. The van der Waals surface area contributed by atoms with Crippen LogP contribution >= 0.6 is 15.9 Å². The molecular formula is C13H14BrF2N3O2. The van der Waals surface area contributed by atoms with Crippen LogP contribution in [0.4, 0.5) is 14.6 Å². The summed E-state index contributed by atoms with van der Waals surface area (Å²) in [5.74, 6) is 0.691. The molecule has 2 N–H and O–H groups in total. The molecule has 0 bridgehead atoms. The van der Waals surface area contributed by atoms with Gasteiger partial charge in [0.1, 0.15) is 5.82 Å². The predicted octanol–water partition coefficient (Wildman–Crippen LogP) is 3.19. The highest BCUT2D eigenvalue weighted by molar-refractivity contribution is 9.10. The Hall–Kier alpha value is -1.83. The van der Waals surface area contributed by atoms with Gasteiger partial charge in [0.15, 0.2) is 11.5 Å². The van der Waals surface area contributed by atoms with Crippen LogP contribution in [0, 0.1) is 6.92 Å². The van der Waals surface area contributed by atoms with Crippen LogP contribution in [-0.2, 0) is 6.54 Å². The fourth-order valence-corrected chi connectivity index (χ4v) is 2.16. The summed E-state index contributed by atoms with van der Waals surface area (Å²) in [6.45, 7) is -0.765. The Kier molecular flexibility index (Phi) is 4.66. The summed E-state index contributed by atoms with van der Waals surface area (Å²) in [5, 5.41) is 4.26. The van der Waals surface area contributed by atoms with Crippen molar-refractivity contribution in [1.82, 2.24) is 9.78 Å². The predicted molar refractivity (Wildman–Crippen MR) is 77.8 cm³/mol. The molecule has 2 rings (SSSR count). The standard InChI is InChI=1S/C13H14BrF2N3O2/c1-7-11(14)12(17)19(18-7)6-8-3-4-9(20-2)10(5-8)21-13(15)16/h3-5,13H,6,17H2,1-2H3. The van der Waals surface area contributed by atoms with E-state index in [2.05, 4.69) is 25.8 Å². The van der Waals surface area contributed by atoms with Crippen LogP contribution in [0.5, 0.6) is 11.5 Å². The first-order chi connectivity index (χ1) is 9.92. The number of ether oxygens (including phenoxy) is 2. The number of nitrogens with zero attached hydrogens (tertiary/aromatic N) is 2. The van der Waals surface area contributed by atoms with Gasteiger partial charge in [0.05, 0.1) is 23.8 Å². The molecule has 0 unspecified atom stereocenters. The van der Waals surface area contributed by atoms with Crippen molar-refractivity contribution in [2.75, 3.05) is 12.8 Å². The molecule has 5 nitrogen and oxygen atoms in total. The molecule has 1 heterocycles. The van der Waals surface area contributed by atoms with E-state index in [1.54, 1.807) is 16.8 Å². The molecule has 1 aromatic carbocycles. The van der Waals surface area contributed by atoms with E-state index in [0.29, 0.717) is 17.9 Å². The third-order valence-corrected chi connectivity index (χ3v) is 3.85. The zero-order valence-corrected chi connectivity index (χ0v) is 13.0. The Balaban J connectivity index is 2.29. The zero-order valence-electron chi connectivity index (χ0n) is 11.4. The monoisotopic (exact) mass is 361 g/mol. The summed E-state index contributed by atoms with van der Waals surface area (Å²) in [4.78, 5) is 0. The highest BCUT2D eigenvalue weighted by Crippen LogP contribution is 2.30. The molecule has 0 aliphatic rings. The third kappa shape index (κ3) is 3.44. The van der Waals surface area contributed by atoms with Gasteiger partial charge in [0.25, 0.3) is 0 Å². The fourth-order valence-electron chi connectivity index (χ4n) is 1.88. The summed E-state index contributed by atoms with van der Waals surface area (Å²) >= 11 is 3.33. The molecule has 114 valence electrons. The van der Waals surface area contributed by atoms with Gasteiger partial charge in [0.2, 0.25) is 0 Å². The number of hydrogen-bond acceptors (Lipinski definition) is 4. The summed E-state index contributed by atoms with van der Waals surface area (Å²) in [6.07, 6.45) is 0. The van der Waals surface area contributed by atoms with Crippen molar-refractivity contribution in [2.24, 2.45) is 0 Å². The van der Waals surface area contributed by atoms with Crippen LogP contribution in [0.2, 0.25) is 0 Å². The molecule has 0 amide bonds. The molecule has 0 aliphatic heterocycles. The molecule has 0 saturated carbocycles. The molecule has 0 aliphatic carbocycles. The van der Waals surface area contributed by atoms with Crippen LogP contribution in [-0.4, -0.2) is 23.5 Å². The minimum atomic E-state index is -2.92. The lowest BCUT2D eigenvalue weighted by Crippen LogP contribution is -2.08. The van der Waals surface area contributed by atoms with E-state index in [9.17, 15) is 8.78 Å². The van der Waals surface area contributed by atoms with Gasteiger partial charge in [-0.25, -0.2) is 4.68 Å². The number of methoxy groups -OCH3 is 1. The SMILES string of the molecule is COc1ccc(Cn2nc(C)c(Br)c2N)cc1OC(F)F. The van der Waals surface area contributed by atoms with E-state index in [-0.39, 0.29) is 11.5 Å². The largest absolute Gasteiger partial charge is 0.493 e. The van der Waals surface area contributed by atoms with Gasteiger partial charge < -0.3 is 15.2 Å². The number of benzene rings is 1. The van der Waals surface area contributed by atoms with Crippen molar-refractivity contribution in [2.45, 2.75) is 20.1 Å². The van der Waals surface area contributed by atoms with Crippen molar-refractivity contribution in [3.63, 3.8) is 0 Å². The second kappa shape index (κ2) is 6.30. The Bertz CT molecular complexity index is 647. The maximum atomic E-state index is 12.4. The van der Waals surface area contributed by atoms with Crippen molar-refractivity contribution >= 4 is 21.7 Å². The second-order valence-electron chi connectivity index (χ2n) is 4.31. The lowest BCUT2D eigenvalue weighted by Gasteiger charge is -2.12. The number of halogens is 3. The van der Waals surface area contributed by atoms with Gasteiger partial charge in [-0.15, -0.1) is 0 Å². The smallest absolute Gasteiger partial charge is 0.387 e.